The first-order valence-electron chi connectivity index (χ1n) is 41.2. The maximum absolute atomic E-state index is 16.6. The number of phenolic OH excluding ortho intramolecular Hbond substituents is 3. The molecule has 4 saturated carbocycles. The Balaban J connectivity index is 1.01. The number of hydrogen-bond acceptors (Lipinski definition) is 26. The van der Waals surface area contributed by atoms with Gasteiger partial charge in [-0.2, -0.15) is 0 Å². The quantitative estimate of drug-likeness (QED) is 0.0436. The SMILES string of the molecule is CCCCCCCCC(=O)NC(=O)C[C@@H]1NC(=O)[C@H](NC(=O)[C@@H](CC(C)C)NC)[C@H](O)c2ccc(c(Cl)c2)Oc2cc3cc(c2O[C@@H]2O[C@H](CO)[C@@H](O)[C@H](O)[C@H]2O[C@H]2C[C@](C)(N)[C@H](O)[C@H](C)O2)Oc2ccc(cc2Cl)[C@H](O)[C@H]2NC(=O)[C@H](NC(=O)[C@@H]3NC1=O)c1ccc(O)c(c1)-c1c(O)cc(O)cc1[C@@H](C(=O)NC1C3CC4CC(C3)CC1C4)NC2=O. The molecule has 7 heterocycles. The van der Waals surface area contributed by atoms with E-state index in [1.165, 1.54) is 45.2 Å². The standard InChI is InChI=1S/C85H106Cl2N10O24/c1-7-8-9-10-11-12-13-60(102)91-61(103)33-52-78(110)93-66-45-29-57(117-55-18-15-41(27-49(55)86)70(104)68(82(114)90-52)96-77(109)51(89-6)20-36(2)3)74(121-84-75(73(107)72(106)59(35-98)119-84)120-62-34-85(5,88)76(108)37(4)116-62)58(30-45)118-56-19-16-42(28-50(56)87)71(105)69-83(115)95-67(81(113)92-64-43-22-38-21-39(24-43)25-44(64)23-38)48-31-46(99)32-54(101)63(48)47-26-40(14-17-53(47)100)65(79(111)97-69)94-80(66)112/h14-19,26-32,36-39,43-44,51-52,59,62,64-73,75-76,84,89,98-101,104-108H,7-13,20-25,33-35,88H2,1-6H3,(H,90,114)(H,92,113)(H,93,110)(H,94,112)(H,95,115)(H,96,109)(H,97,111)(H,91,102,103)/t37-,38?,39?,43?,44?,51+,52-,59+,62-,64?,65+,66+,67-,68+,69+,70+,71-,72+,73-,75+,76+,84-,85-/m0/s1. The van der Waals surface area contributed by atoms with Gasteiger partial charge in [0.05, 0.1) is 41.3 Å². The zero-order chi connectivity index (χ0) is 86.9. The van der Waals surface area contributed by atoms with Crippen molar-refractivity contribution < 1.29 is 118 Å². The Labute approximate surface area is 707 Å². The molecular weight excluding hydrogens is 1620 g/mol. The second-order valence-corrected chi connectivity index (χ2v) is 34.7. The predicted molar refractivity (Wildman–Crippen MR) is 433 cm³/mol. The molecule has 0 spiro atoms. The zero-order valence-electron chi connectivity index (χ0n) is 67.6. The molecule has 4 aliphatic carbocycles. The molecular formula is C85H106Cl2N10O24. The molecule has 0 aromatic heterocycles. The molecule has 20 N–H and O–H groups in total. The van der Waals surface area contributed by atoms with E-state index in [0.717, 1.165) is 112 Å². The van der Waals surface area contributed by atoms with Crippen molar-refractivity contribution in [2.75, 3.05) is 13.7 Å². The summed E-state index contributed by atoms with van der Waals surface area (Å²) in [5, 5.41) is 130. The highest BCUT2D eigenvalue weighted by atomic mass is 35.5. The summed E-state index contributed by atoms with van der Waals surface area (Å²) >= 11 is 14.5. The number of nitrogens with two attached hydrogens (primary N) is 1. The molecule has 2 saturated heterocycles. The molecule has 121 heavy (non-hydrogen) atoms. The van der Waals surface area contributed by atoms with Gasteiger partial charge >= 0.3 is 0 Å². The number of nitrogens with one attached hydrogen (secondary N) is 9. The number of imide groups is 1. The molecule has 11 aliphatic rings. The predicted octanol–water partition coefficient (Wildman–Crippen LogP) is 4.87. The molecule has 36 heteroatoms. The zero-order valence-corrected chi connectivity index (χ0v) is 69.1. The lowest BCUT2D eigenvalue weighted by Crippen LogP contribution is -2.64. The lowest BCUT2D eigenvalue weighted by molar-refractivity contribution is -0.333. The van der Waals surface area contributed by atoms with Crippen molar-refractivity contribution in [1.29, 1.82) is 0 Å². The van der Waals surface area contributed by atoms with Crippen molar-refractivity contribution >= 4 is 76.4 Å². The normalized spacial score (nSPS) is 31.0. The molecule has 5 aromatic carbocycles. The summed E-state index contributed by atoms with van der Waals surface area (Å²) in [5.41, 5.74) is 3.03. The van der Waals surface area contributed by atoms with Crippen LogP contribution >= 0.6 is 23.2 Å². The summed E-state index contributed by atoms with van der Waals surface area (Å²) in [6, 6.07) is 0.237. The third-order valence-corrected chi connectivity index (χ3v) is 24.9. The number of carbonyl (C=O) groups is 9. The van der Waals surface area contributed by atoms with Crippen LogP contribution in [-0.4, -0.2) is 198 Å². The number of likely N-dealkylation sites (N-methyl/N-ethyl adjacent to an activating group) is 1. The number of amides is 9. The summed E-state index contributed by atoms with van der Waals surface area (Å²) in [6.07, 6.45) is -9.81. The third kappa shape index (κ3) is 19.8. The molecule has 0 unspecified atom stereocenters. The van der Waals surface area contributed by atoms with E-state index in [1.54, 1.807) is 0 Å². The topological polar surface area (TPSA) is 525 Å². The second-order valence-electron chi connectivity index (χ2n) is 33.9. The Hall–Kier alpha value is -9.53. The van der Waals surface area contributed by atoms with Gasteiger partial charge in [0.2, 0.25) is 65.2 Å². The van der Waals surface area contributed by atoms with Crippen molar-refractivity contribution in [3.05, 3.63) is 117 Å². The van der Waals surface area contributed by atoms with Gasteiger partial charge in [0.1, 0.15) is 95.5 Å². The van der Waals surface area contributed by atoms with E-state index in [2.05, 4.69) is 47.9 Å². The van der Waals surface area contributed by atoms with Crippen LogP contribution < -0.4 is 67.8 Å². The Kier molecular flexibility index (Phi) is 27.8. The van der Waals surface area contributed by atoms with E-state index < -0.39 is 221 Å². The van der Waals surface area contributed by atoms with E-state index in [9.17, 15) is 60.3 Å². The van der Waals surface area contributed by atoms with Gasteiger partial charge in [0, 0.05) is 41.6 Å². The molecule has 18 atom stereocenters. The van der Waals surface area contributed by atoms with Gasteiger partial charge in [-0.15, -0.1) is 0 Å². The minimum Gasteiger partial charge on any atom is -0.508 e. The number of aliphatic hydroxyl groups excluding tert-OH is 6. The summed E-state index contributed by atoms with van der Waals surface area (Å²) in [4.78, 5) is 138. The first-order valence-corrected chi connectivity index (χ1v) is 41.9. The third-order valence-electron chi connectivity index (χ3n) is 24.3. The van der Waals surface area contributed by atoms with Crippen LogP contribution in [0.5, 0.6) is 46.0 Å². The van der Waals surface area contributed by atoms with Crippen molar-refractivity contribution in [2.24, 2.45) is 35.3 Å². The Bertz CT molecular complexity index is 4720. The van der Waals surface area contributed by atoms with Crippen LogP contribution in [0.3, 0.4) is 0 Å². The fraction of sp³-hybridized carbons (Fsp3) is 0.541. The smallest absolute Gasteiger partial charge is 0.248 e. The fourth-order valence-electron chi connectivity index (χ4n) is 18.2. The average Bonchev–Trinajstić information content (AvgIpc) is 0.761. The van der Waals surface area contributed by atoms with E-state index >= 15 is 28.8 Å². The highest BCUT2D eigenvalue weighted by Crippen LogP contribution is 2.55. The Morgan fingerprint density at radius 3 is 1.88 bits per heavy atom. The maximum atomic E-state index is 16.6. The highest BCUT2D eigenvalue weighted by Gasteiger charge is 2.53. The van der Waals surface area contributed by atoms with Crippen molar-refractivity contribution in [3.63, 3.8) is 0 Å². The van der Waals surface area contributed by atoms with Gasteiger partial charge < -0.3 is 123 Å². The first kappa shape index (κ1) is 89.2. The summed E-state index contributed by atoms with van der Waals surface area (Å²) < 4.78 is 39.0. The molecule has 0 radical (unpaired) electrons. The molecule has 9 amide bonds. The Morgan fingerprint density at radius 2 is 1.26 bits per heavy atom. The minimum absolute atomic E-state index is 0.0631. The van der Waals surface area contributed by atoms with E-state index in [4.69, 9.17) is 57.4 Å². The molecule has 5 aromatic rings. The van der Waals surface area contributed by atoms with Crippen LogP contribution in [0, 0.1) is 29.6 Å². The molecule has 7 aliphatic heterocycles. The molecule has 15 bridgehead atoms. The van der Waals surface area contributed by atoms with Crippen molar-refractivity contribution in [2.45, 2.75) is 246 Å². The number of unbranched alkanes of at least 4 members (excludes halogenated alkanes) is 5. The number of rotatable bonds is 21. The van der Waals surface area contributed by atoms with Crippen LogP contribution in [0.4, 0.5) is 0 Å². The number of phenols is 3. The number of benzene rings is 5. The van der Waals surface area contributed by atoms with E-state index in [-0.39, 0.29) is 93.0 Å². The van der Waals surface area contributed by atoms with Crippen LogP contribution in [0.1, 0.15) is 189 Å². The number of aromatic hydroxyl groups is 3. The van der Waals surface area contributed by atoms with Gasteiger partial charge in [-0.3, -0.25) is 48.5 Å². The number of aliphatic hydroxyl groups is 6. The molecule has 6 fully saturated rings. The van der Waals surface area contributed by atoms with Crippen LogP contribution in [0.15, 0.2) is 78.9 Å². The molecule has 654 valence electrons. The highest BCUT2D eigenvalue weighted by molar-refractivity contribution is 6.32. The van der Waals surface area contributed by atoms with Gasteiger partial charge in [0.25, 0.3) is 0 Å². The lowest BCUT2D eigenvalue weighted by atomic mass is 9.54. The number of ether oxygens (including phenoxy) is 6. The summed E-state index contributed by atoms with van der Waals surface area (Å²) in [5.74, 6) is -14.0. The molecule has 34 nitrogen and oxygen atoms in total. The second kappa shape index (κ2) is 37.7. The van der Waals surface area contributed by atoms with E-state index in [0.29, 0.717) is 24.7 Å². The van der Waals surface area contributed by atoms with Gasteiger partial charge in [-0.05, 0) is 178 Å². The van der Waals surface area contributed by atoms with Crippen LogP contribution in [-0.2, 0) is 57.4 Å². The van der Waals surface area contributed by atoms with E-state index in [1.807, 2.05) is 20.8 Å². The van der Waals surface area contributed by atoms with Crippen molar-refractivity contribution in [3.8, 4) is 57.1 Å². The number of carbonyl (C=O) groups excluding carboxylic acids is 9. The summed E-state index contributed by atoms with van der Waals surface area (Å²) in [7, 11) is 1.49. The van der Waals surface area contributed by atoms with Crippen molar-refractivity contribution in [1.82, 2.24) is 47.9 Å². The fourth-order valence-corrected chi connectivity index (χ4v) is 18.7. The van der Waals surface area contributed by atoms with Gasteiger partial charge in [0.15, 0.2) is 23.9 Å². The number of halogens is 2. The first-order chi connectivity index (χ1) is 57.6. The number of fused-ring (bicyclic) bond motifs is 15. The van der Waals surface area contributed by atoms with Gasteiger partial charge in [-0.1, -0.05) is 94.3 Å². The minimum atomic E-state index is -2.38. The number of hydrogen-bond donors (Lipinski definition) is 19. The Morgan fingerprint density at radius 1 is 0.653 bits per heavy atom. The van der Waals surface area contributed by atoms with Gasteiger partial charge in [-0.25, -0.2) is 0 Å². The lowest BCUT2D eigenvalue weighted by Gasteiger charge is -2.54. The average molecular weight is 1720 g/mol. The summed E-state index contributed by atoms with van der Waals surface area (Å²) in [6.45, 7) is 7.76. The molecule has 16 rings (SSSR count). The largest absolute Gasteiger partial charge is 0.508 e. The monoisotopic (exact) mass is 1720 g/mol. The van der Waals surface area contributed by atoms with Crippen LogP contribution in [0.25, 0.3) is 11.1 Å². The maximum Gasteiger partial charge on any atom is 0.248 e. The van der Waals surface area contributed by atoms with Crippen LogP contribution in [0.2, 0.25) is 10.0 Å².